The Balaban J connectivity index is 1.75. The quantitative estimate of drug-likeness (QED) is 0.864. The van der Waals surface area contributed by atoms with E-state index in [-0.39, 0.29) is 5.91 Å². The van der Waals surface area contributed by atoms with Crippen LogP contribution in [0, 0.1) is 5.92 Å². The first-order valence-electron chi connectivity index (χ1n) is 7.57. The molecule has 3 rings (SSSR count). The molecular formula is C17H21N3O2. The van der Waals surface area contributed by atoms with Crippen molar-refractivity contribution in [3.8, 4) is 0 Å². The van der Waals surface area contributed by atoms with Crippen molar-refractivity contribution in [2.45, 2.75) is 19.5 Å². The zero-order chi connectivity index (χ0) is 15.4. The second kappa shape index (κ2) is 6.75. The number of amides is 1. The second-order valence-corrected chi connectivity index (χ2v) is 5.75. The van der Waals surface area contributed by atoms with Crippen molar-refractivity contribution in [3.63, 3.8) is 0 Å². The smallest absolute Gasteiger partial charge is 0.227 e. The highest BCUT2D eigenvalue weighted by Gasteiger charge is 2.25. The van der Waals surface area contributed by atoms with Gasteiger partial charge in [-0.15, -0.1) is 0 Å². The summed E-state index contributed by atoms with van der Waals surface area (Å²) in [7, 11) is 1.70. The highest BCUT2D eigenvalue weighted by atomic mass is 16.5. The minimum Gasteiger partial charge on any atom is -0.384 e. The molecule has 1 aliphatic rings. The fourth-order valence-electron chi connectivity index (χ4n) is 2.95. The molecule has 1 atom stereocenters. The van der Waals surface area contributed by atoms with Crippen LogP contribution in [0.2, 0.25) is 0 Å². The number of nitrogens with zero attached hydrogens (tertiary/aromatic N) is 3. The molecule has 0 saturated carbocycles. The van der Waals surface area contributed by atoms with E-state index in [0.29, 0.717) is 32.0 Å². The first-order chi connectivity index (χ1) is 10.8. The summed E-state index contributed by atoms with van der Waals surface area (Å²) < 4.78 is 7.43. The number of benzene rings is 1. The molecule has 0 bridgehead atoms. The highest BCUT2D eigenvalue weighted by Crippen LogP contribution is 2.17. The Morgan fingerprint density at radius 2 is 2.14 bits per heavy atom. The van der Waals surface area contributed by atoms with Crippen LogP contribution in [0.5, 0.6) is 0 Å². The lowest BCUT2D eigenvalue weighted by molar-refractivity contribution is -0.131. The summed E-state index contributed by atoms with van der Waals surface area (Å²) in [5, 5.41) is 0. The number of hydrogen-bond donors (Lipinski definition) is 0. The summed E-state index contributed by atoms with van der Waals surface area (Å²) in [5.74, 6) is 1.38. The topological polar surface area (TPSA) is 47.4 Å². The van der Waals surface area contributed by atoms with E-state index in [1.165, 1.54) is 0 Å². The van der Waals surface area contributed by atoms with Gasteiger partial charge in [0.15, 0.2) is 0 Å². The first kappa shape index (κ1) is 14.8. The van der Waals surface area contributed by atoms with Crippen LogP contribution < -0.4 is 0 Å². The number of carbonyl (C=O) groups excluding carboxylic acids is 1. The summed E-state index contributed by atoms with van der Waals surface area (Å²) in [5.41, 5.74) is 1.04. The molecule has 0 saturated heterocycles. The Hall–Kier alpha value is -2.14. The predicted octanol–water partition coefficient (Wildman–Crippen LogP) is 1.73. The van der Waals surface area contributed by atoms with E-state index in [4.69, 9.17) is 4.74 Å². The van der Waals surface area contributed by atoms with Crippen LogP contribution in [0.25, 0.3) is 0 Å². The van der Waals surface area contributed by atoms with E-state index in [1.54, 1.807) is 13.3 Å². The van der Waals surface area contributed by atoms with Crippen molar-refractivity contribution in [2.75, 3.05) is 20.3 Å². The van der Waals surface area contributed by atoms with E-state index in [0.717, 1.165) is 17.9 Å². The van der Waals surface area contributed by atoms with Crippen molar-refractivity contribution in [1.29, 1.82) is 0 Å². The zero-order valence-corrected chi connectivity index (χ0v) is 12.8. The molecular weight excluding hydrogens is 278 g/mol. The van der Waals surface area contributed by atoms with Crippen LogP contribution in [0.1, 0.15) is 11.4 Å². The van der Waals surface area contributed by atoms with E-state index < -0.39 is 0 Å². The minimum absolute atomic E-state index is 0.142. The number of fused-ring (bicyclic) bond motifs is 1. The third-order valence-corrected chi connectivity index (χ3v) is 4.02. The van der Waals surface area contributed by atoms with Crippen LogP contribution >= 0.6 is 0 Å². The van der Waals surface area contributed by atoms with Crippen LogP contribution in [0.4, 0.5) is 0 Å². The van der Waals surface area contributed by atoms with Crippen molar-refractivity contribution in [3.05, 3.63) is 54.1 Å². The summed E-state index contributed by atoms with van der Waals surface area (Å²) in [4.78, 5) is 18.9. The van der Waals surface area contributed by atoms with E-state index >= 15 is 0 Å². The Bertz CT molecular complexity index is 624. The number of hydrogen-bond acceptors (Lipinski definition) is 3. The maximum Gasteiger partial charge on any atom is 0.227 e. The number of ether oxygens (including phenoxy) is 1. The fraction of sp³-hybridized carbons (Fsp3) is 0.412. The number of methoxy groups -OCH3 is 1. The maximum absolute atomic E-state index is 12.6. The van der Waals surface area contributed by atoms with Gasteiger partial charge >= 0.3 is 0 Å². The van der Waals surface area contributed by atoms with Gasteiger partial charge < -0.3 is 14.2 Å². The number of aromatic nitrogens is 2. The predicted molar refractivity (Wildman–Crippen MR) is 83.2 cm³/mol. The molecule has 2 heterocycles. The standard InChI is InChI=1S/C17H21N3O2/c1-22-13-15-10-19-8-7-18-16(19)12-20(11-15)17(21)9-14-5-3-2-4-6-14/h2-8,15H,9-13H2,1H3/t15-/m1/s1. The van der Waals surface area contributed by atoms with Crippen LogP contribution in [-0.2, 0) is 29.0 Å². The fourth-order valence-corrected chi connectivity index (χ4v) is 2.95. The maximum atomic E-state index is 12.6. The van der Waals surface area contributed by atoms with Gasteiger partial charge in [-0.05, 0) is 5.56 Å². The molecule has 0 N–H and O–H groups in total. The minimum atomic E-state index is 0.142. The van der Waals surface area contributed by atoms with E-state index in [1.807, 2.05) is 41.4 Å². The van der Waals surface area contributed by atoms with E-state index in [2.05, 4.69) is 9.55 Å². The molecule has 116 valence electrons. The highest BCUT2D eigenvalue weighted by molar-refractivity contribution is 5.78. The van der Waals surface area contributed by atoms with Crippen LogP contribution in [0.3, 0.4) is 0 Å². The van der Waals surface area contributed by atoms with Crippen LogP contribution in [0.15, 0.2) is 42.7 Å². The largest absolute Gasteiger partial charge is 0.384 e. The Morgan fingerprint density at radius 1 is 1.32 bits per heavy atom. The molecule has 0 spiro atoms. The second-order valence-electron chi connectivity index (χ2n) is 5.75. The molecule has 1 aromatic carbocycles. The third kappa shape index (κ3) is 3.36. The normalized spacial score (nSPS) is 17.9. The van der Waals surface area contributed by atoms with Gasteiger partial charge in [0.05, 0.1) is 19.6 Å². The molecule has 2 aromatic rings. The van der Waals surface area contributed by atoms with Gasteiger partial charge in [-0.1, -0.05) is 30.3 Å². The van der Waals surface area contributed by atoms with Gasteiger partial charge in [-0.25, -0.2) is 4.98 Å². The Labute approximate surface area is 130 Å². The van der Waals surface area contributed by atoms with Gasteiger partial charge in [0.1, 0.15) is 5.82 Å². The van der Waals surface area contributed by atoms with Crippen molar-refractivity contribution in [2.24, 2.45) is 5.92 Å². The van der Waals surface area contributed by atoms with Crippen molar-refractivity contribution >= 4 is 5.91 Å². The van der Waals surface area contributed by atoms with E-state index in [9.17, 15) is 4.79 Å². The van der Waals surface area contributed by atoms with Gasteiger partial charge in [-0.2, -0.15) is 0 Å². The monoisotopic (exact) mass is 299 g/mol. The lowest BCUT2D eigenvalue weighted by Gasteiger charge is -2.23. The van der Waals surface area contributed by atoms with Crippen LogP contribution in [-0.4, -0.2) is 40.6 Å². The number of imidazole rings is 1. The summed E-state index contributed by atoms with van der Waals surface area (Å²) in [6, 6.07) is 9.87. The molecule has 1 amide bonds. The third-order valence-electron chi connectivity index (χ3n) is 4.02. The van der Waals surface area contributed by atoms with Gasteiger partial charge in [0, 0.05) is 38.5 Å². The number of carbonyl (C=O) groups is 1. The molecule has 22 heavy (non-hydrogen) atoms. The molecule has 0 unspecified atom stereocenters. The van der Waals surface area contributed by atoms with Gasteiger partial charge in [0.2, 0.25) is 5.91 Å². The Kier molecular flexibility index (Phi) is 4.53. The molecule has 5 heteroatoms. The van der Waals surface area contributed by atoms with Crippen molar-refractivity contribution < 1.29 is 9.53 Å². The zero-order valence-electron chi connectivity index (χ0n) is 12.8. The SMILES string of the molecule is COC[C@H]1CN(C(=O)Cc2ccccc2)Cc2nccn2C1. The molecule has 0 fully saturated rings. The number of rotatable bonds is 4. The summed E-state index contributed by atoms with van der Waals surface area (Å²) in [6.07, 6.45) is 4.20. The molecule has 1 aromatic heterocycles. The summed E-state index contributed by atoms with van der Waals surface area (Å²) >= 11 is 0. The lowest BCUT2D eigenvalue weighted by Crippen LogP contribution is -2.36. The summed E-state index contributed by atoms with van der Waals surface area (Å²) in [6.45, 7) is 2.77. The molecule has 5 nitrogen and oxygen atoms in total. The van der Waals surface area contributed by atoms with Crippen molar-refractivity contribution in [1.82, 2.24) is 14.5 Å². The average molecular weight is 299 g/mol. The molecule has 1 aliphatic heterocycles. The van der Waals surface area contributed by atoms with Gasteiger partial charge in [0.25, 0.3) is 0 Å². The molecule has 0 radical (unpaired) electrons. The lowest BCUT2D eigenvalue weighted by atomic mass is 10.1. The Morgan fingerprint density at radius 3 is 2.91 bits per heavy atom. The molecule has 0 aliphatic carbocycles. The first-order valence-corrected chi connectivity index (χ1v) is 7.57. The van der Waals surface area contributed by atoms with Gasteiger partial charge in [-0.3, -0.25) is 4.79 Å². The average Bonchev–Trinajstić information content (AvgIpc) is 2.87.